The van der Waals surface area contributed by atoms with E-state index >= 15 is 0 Å². The van der Waals surface area contributed by atoms with Gasteiger partial charge in [-0.1, -0.05) is 37.3 Å². The first kappa shape index (κ1) is 13.1. The molecule has 2 rings (SSSR count). The van der Waals surface area contributed by atoms with Crippen LogP contribution < -0.4 is 11.1 Å². The van der Waals surface area contributed by atoms with Crippen LogP contribution in [-0.2, 0) is 4.79 Å². The average molecular weight is 255 g/mol. The Morgan fingerprint density at radius 3 is 2.58 bits per heavy atom. The minimum atomic E-state index is -0.154. The van der Waals surface area contributed by atoms with Gasteiger partial charge < -0.3 is 11.1 Å². The van der Waals surface area contributed by atoms with Crippen LogP contribution >= 0.6 is 0 Å². The molecule has 19 heavy (non-hydrogen) atoms. The predicted octanol–water partition coefficient (Wildman–Crippen LogP) is 2.80. The van der Waals surface area contributed by atoms with E-state index in [1.807, 2.05) is 37.3 Å². The summed E-state index contributed by atoms with van der Waals surface area (Å²) in [6.07, 6.45) is 2.31. The Morgan fingerprint density at radius 2 is 2.00 bits per heavy atom. The number of hydrogen-bond donors (Lipinski definition) is 2. The van der Waals surface area contributed by atoms with Crippen LogP contribution in [0.2, 0.25) is 0 Å². The summed E-state index contributed by atoms with van der Waals surface area (Å²) in [5, 5.41) is 2.86. The monoisotopic (exact) mass is 255 g/mol. The third-order valence-electron chi connectivity index (χ3n) is 2.98. The lowest BCUT2D eigenvalue weighted by Crippen LogP contribution is -2.20. The fourth-order valence-corrected chi connectivity index (χ4v) is 1.97. The smallest absolute Gasteiger partial charge is 0.231 e. The normalized spacial score (nSPS) is 11.8. The molecule has 4 heteroatoms. The fourth-order valence-electron chi connectivity index (χ4n) is 1.97. The highest BCUT2D eigenvalue weighted by Gasteiger charge is 2.18. The zero-order valence-corrected chi connectivity index (χ0v) is 10.8. The van der Waals surface area contributed by atoms with Gasteiger partial charge in [-0.05, 0) is 24.1 Å². The molecule has 0 saturated heterocycles. The Kier molecular flexibility index (Phi) is 4.13. The lowest BCUT2D eigenvalue weighted by atomic mass is 9.95. The number of benzene rings is 1. The maximum atomic E-state index is 12.3. The van der Waals surface area contributed by atoms with Crippen molar-refractivity contribution in [2.45, 2.75) is 19.3 Å². The van der Waals surface area contributed by atoms with Gasteiger partial charge in [0, 0.05) is 0 Å². The molecule has 2 aromatic rings. The summed E-state index contributed by atoms with van der Waals surface area (Å²) in [5.41, 5.74) is 7.19. The number of nitrogens with one attached hydrogen (secondary N) is 1. The van der Waals surface area contributed by atoms with Crippen molar-refractivity contribution in [3.8, 4) is 0 Å². The molecule has 0 bridgehead atoms. The van der Waals surface area contributed by atoms with E-state index in [1.165, 1.54) is 0 Å². The number of nitrogens with zero attached hydrogens (tertiary/aromatic N) is 1. The molecule has 0 radical (unpaired) electrons. The number of hydrogen-bond acceptors (Lipinski definition) is 3. The molecule has 0 saturated carbocycles. The molecule has 1 atom stereocenters. The fraction of sp³-hybridized carbons (Fsp3) is 0.200. The first-order valence-electron chi connectivity index (χ1n) is 6.28. The van der Waals surface area contributed by atoms with Crippen LogP contribution in [0.3, 0.4) is 0 Å². The number of carbonyl (C=O) groups is 1. The molecule has 0 fully saturated rings. The van der Waals surface area contributed by atoms with E-state index < -0.39 is 0 Å². The predicted molar refractivity (Wildman–Crippen MR) is 76.8 cm³/mol. The van der Waals surface area contributed by atoms with E-state index in [0.29, 0.717) is 11.5 Å². The van der Waals surface area contributed by atoms with Crippen molar-refractivity contribution in [2.75, 3.05) is 11.1 Å². The summed E-state index contributed by atoms with van der Waals surface area (Å²) in [4.78, 5) is 16.2. The van der Waals surface area contributed by atoms with Gasteiger partial charge in [-0.2, -0.15) is 0 Å². The molecular formula is C15H17N3O. The van der Waals surface area contributed by atoms with E-state index in [4.69, 9.17) is 5.73 Å². The third-order valence-corrected chi connectivity index (χ3v) is 2.98. The lowest BCUT2D eigenvalue weighted by Gasteiger charge is -2.15. The zero-order valence-electron chi connectivity index (χ0n) is 10.8. The molecule has 3 N–H and O–H groups in total. The van der Waals surface area contributed by atoms with E-state index in [1.54, 1.807) is 18.3 Å². The van der Waals surface area contributed by atoms with Crippen LogP contribution in [0.15, 0.2) is 48.7 Å². The second-order valence-electron chi connectivity index (χ2n) is 4.33. The zero-order chi connectivity index (χ0) is 13.7. The van der Waals surface area contributed by atoms with E-state index in [2.05, 4.69) is 10.3 Å². The highest BCUT2D eigenvalue weighted by atomic mass is 16.1. The Labute approximate surface area is 112 Å². The van der Waals surface area contributed by atoms with Gasteiger partial charge in [0.2, 0.25) is 5.91 Å². The molecule has 4 nitrogen and oxygen atoms in total. The van der Waals surface area contributed by atoms with Gasteiger partial charge in [0.1, 0.15) is 5.82 Å². The number of pyridine rings is 1. The molecule has 0 aliphatic carbocycles. The van der Waals surface area contributed by atoms with Gasteiger partial charge in [0.15, 0.2) is 0 Å². The van der Waals surface area contributed by atoms with Crippen LogP contribution in [0.1, 0.15) is 24.8 Å². The Bertz CT molecular complexity index is 537. The van der Waals surface area contributed by atoms with E-state index in [-0.39, 0.29) is 11.8 Å². The Balaban J connectivity index is 2.11. The van der Waals surface area contributed by atoms with Crippen molar-refractivity contribution in [1.82, 2.24) is 4.98 Å². The number of aromatic nitrogens is 1. The summed E-state index contributed by atoms with van der Waals surface area (Å²) in [5.74, 6) is 0.257. The van der Waals surface area contributed by atoms with Crippen molar-refractivity contribution in [1.29, 1.82) is 0 Å². The molecule has 1 aromatic carbocycles. The number of nitrogen functional groups attached to an aromatic ring is 1. The number of nitrogens with two attached hydrogens (primary N) is 1. The molecular weight excluding hydrogens is 238 g/mol. The van der Waals surface area contributed by atoms with Gasteiger partial charge in [0.25, 0.3) is 0 Å². The van der Waals surface area contributed by atoms with E-state index in [0.717, 1.165) is 12.0 Å². The standard InChI is InChI=1S/C15H17N3O/c1-2-13(11-6-4-3-5-7-11)15(19)18-12-8-9-14(16)17-10-12/h3-10,13H,2H2,1H3,(H2,16,17)(H,18,19). The topological polar surface area (TPSA) is 68.0 Å². The molecule has 1 aromatic heterocycles. The Morgan fingerprint density at radius 1 is 1.26 bits per heavy atom. The Hall–Kier alpha value is -2.36. The largest absolute Gasteiger partial charge is 0.384 e. The second-order valence-corrected chi connectivity index (χ2v) is 4.33. The van der Waals surface area contributed by atoms with Crippen LogP contribution in [0, 0.1) is 0 Å². The van der Waals surface area contributed by atoms with Crippen LogP contribution in [-0.4, -0.2) is 10.9 Å². The van der Waals surface area contributed by atoms with Gasteiger partial charge in [-0.25, -0.2) is 4.98 Å². The SMILES string of the molecule is CCC(C(=O)Nc1ccc(N)nc1)c1ccccc1. The summed E-state index contributed by atoms with van der Waals surface area (Å²) >= 11 is 0. The maximum Gasteiger partial charge on any atom is 0.231 e. The number of amides is 1. The highest BCUT2D eigenvalue weighted by molar-refractivity contribution is 5.95. The first-order valence-corrected chi connectivity index (χ1v) is 6.28. The summed E-state index contributed by atoms with van der Waals surface area (Å²) < 4.78 is 0. The summed E-state index contributed by atoms with van der Waals surface area (Å²) in [6, 6.07) is 13.2. The summed E-state index contributed by atoms with van der Waals surface area (Å²) in [7, 11) is 0. The molecule has 1 unspecified atom stereocenters. The molecule has 98 valence electrons. The van der Waals surface area contributed by atoms with Gasteiger partial charge in [-0.15, -0.1) is 0 Å². The van der Waals surface area contributed by atoms with Crippen LogP contribution in [0.25, 0.3) is 0 Å². The first-order chi connectivity index (χ1) is 9.20. The molecule has 0 aliphatic heterocycles. The van der Waals surface area contributed by atoms with Crippen molar-refractivity contribution in [3.63, 3.8) is 0 Å². The van der Waals surface area contributed by atoms with E-state index in [9.17, 15) is 4.79 Å². The quantitative estimate of drug-likeness (QED) is 0.882. The van der Waals surface area contributed by atoms with Crippen molar-refractivity contribution in [3.05, 3.63) is 54.2 Å². The number of rotatable bonds is 4. The van der Waals surface area contributed by atoms with Crippen molar-refractivity contribution >= 4 is 17.4 Å². The minimum Gasteiger partial charge on any atom is -0.384 e. The van der Waals surface area contributed by atoms with Crippen LogP contribution in [0.5, 0.6) is 0 Å². The molecule has 0 aliphatic rings. The highest BCUT2D eigenvalue weighted by Crippen LogP contribution is 2.21. The van der Waals surface area contributed by atoms with Gasteiger partial charge in [-0.3, -0.25) is 4.79 Å². The second kappa shape index (κ2) is 6.00. The van der Waals surface area contributed by atoms with Crippen molar-refractivity contribution in [2.24, 2.45) is 0 Å². The van der Waals surface area contributed by atoms with Crippen LogP contribution in [0.4, 0.5) is 11.5 Å². The third kappa shape index (κ3) is 3.31. The molecule has 0 spiro atoms. The average Bonchev–Trinajstić information content (AvgIpc) is 2.43. The lowest BCUT2D eigenvalue weighted by molar-refractivity contribution is -0.117. The van der Waals surface area contributed by atoms with Gasteiger partial charge in [0.05, 0.1) is 17.8 Å². The molecule has 1 heterocycles. The maximum absolute atomic E-state index is 12.3. The number of anilines is 2. The summed E-state index contributed by atoms with van der Waals surface area (Å²) in [6.45, 7) is 2.00. The van der Waals surface area contributed by atoms with Gasteiger partial charge >= 0.3 is 0 Å². The molecule has 1 amide bonds. The number of carbonyl (C=O) groups excluding carboxylic acids is 1. The van der Waals surface area contributed by atoms with Crippen molar-refractivity contribution < 1.29 is 4.79 Å². The minimum absolute atomic E-state index is 0.0275.